The normalized spacial score (nSPS) is 14.7. The van der Waals surface area contributed by atoms with Crippen LogP contribution in [0.5, 0.6) is 0 Å². The van der Waals surface area contributed by atoms with E-state index in [4.69, 9.17) is 0 Å². The summed E-state index contributed by atoms with van der Waals surface area (Å²) in [6, 6.07) is 22.2. The number of imidazole rings is 1. The van der Waals surface area contributed by atoms with Crippen molar-refractivity contribution in [2.24, 2.45) is 5.92 Å². The zero-order chi connectivity index (χ0) is 22.6. The molecule has 2 amide bonds. The van der Waals surface area contributed by atoms with Crippen molar-refractivity contribution in [3.05, 3.63) is 96.1 Å². The first-order valence-corrected chi connectivity index (χ1v) is 11.6. The summed E-state index contributed by atoms with van der Waals surface area (Å²) in [4.78, 5) is 24.0. The van der Waals surface area contributed by atoms with Crippen molar-refractivity contribution < 1.29 is 4.79 Å². The van der Waals surface area contributed by atoms with Crippen LogP contribution in [-0.2, 0) is 6.54 Å². The van der Waals surface area contributed by atoms with Crippen LogP contribution in [0.25, 0.3) is 11.0 Å². The van der Waals surface area contributed by atoms with Crippen molar-refractivity contribution >= 4 is 17.1 Å². The Bertz CT molecular complexity index is 1170. The third kappa shape index (κ3) is 4.60. The van der Waals surface area contributed by atoms with Crippen LogP contribution in [0.15, 0.2) is 79.1 Å². The first-order chi connectivity index (χ1) is 16.2. The van der Waals surface area contributed by atoms with Crippen LogP contribution in [0, 0.1) is 12.8 Å². The van der Waals surface area contributed by atoms with Crippen molar-refractivity contribution in [3.63, 3.8) is 0 Å². The van der Waals surface area contributed by atoms with Gasteiger partial charge in [0.05, 0.1) is 17.8 Å². The van der Waals surface area contributed by atoms with Gasteiger partial charge in [-0.3, -0.25) is 4.98 Å². The van der Waals surface area contributed by atoms with Gasteiger partial charge in [0.1, 0.15) is 11.3 Å². The molecular formula is C27H29N5O. The molecule has 33 heavy (non-hydrogen) atoms. The third-order valence-corrected chi connectivity index (χ3v) is 6.62. The maximum atomic E-state index is 13.2. The highest BCUT2D eigenvalue weighted by molar-refractivity contribution is 5.76. The van der Waals surface area contributed by atoms with Gasteiger partial charge in [-0.15, -0.1) is 0 Å². The molecule has 168 valence electrons. The smallest absolute Gasteiger partial charge is 0.318 e. The summed E-state index contributed by atoms with van der Waals surface area (Å²) >= 11 is 0. The number of benzene rings is 2. The lowest BCUT2D eigenvalue weighted by molar-refractivity contribution is 0.164. The number of likely N-dealkylation sites (tertiary alicyclic amines) is 1. The van der Waals surface area contributed by atoms with Crippen LogP contribution in [0.3, 0.4) is 0 Å². The number of nitrogens with one attached hydrogen (secondary N) is 1. The van der Waals surface area contributed by atoms with Crippen LogP contribution in [0.2, 0.25) is 0 Å². The van der Waals surface area contributed by atoms with Crippen LogP contribution in [0.4, 0.5) is 4.79 Å². The van der Waals surface area contributed by atoms with E-state index in [1.165, 1.54) is 0 Å². The summed E-state index contributed by atoms with van der Waals surface area (Å²) in [6.45, 7) is 4.51. The van der Waals surface area contributed by atoms with E-state index in [0.29, 0.717) is 5.92 Å². The number of pyridine rings is 1. The van der Waals surface area contributed by atoms with Gasteiger partial charge in [0.25, 0.3) is 0 Å². The molecule has 6 heteroatoms. The molecule has 0 aliphatic carbocycles. The topological polar surface area (TPSA) is 63.1 Å². The zero-order valence-corrected chi connectivity index (χ0v) is 18.9. The highest BCUT2D eigenvalue weighted by Crippen LogP contribution is 2.25. The monoisotopic (exact) mass is 439 g/mol. The molecule has 1 aliphatic heterocycles. The van der Waals surface area contributed by atoms with Crippen LogP contribution >= 0.6 is 0 Å². The average Bonchev–Trinajstić information content (AvgIpc) is 3.18. The van der Waals surface area contributed by atoms with Crippen molar-refractivity contribution in [3.8, 4) is 0 Å². The van der Waals surface area contributed by atoms with Gasteiger partial charge in [0.15, 0.2) is 0 Å². The van der Waals surface area contributed by atoms with Crippen LogP contribution in [0.1, 0.15) is 35.8 Å². The molecule has 4 aromatic rings. The molecule has 5 rings (SSSR count). The molecule has 0 spiro atoms. The van der Waals surface area contributed by atoms with Crippen molar-refractivity contribution in [1.82, 2.24) is 24.8 Å². The Morgan fingerprint density at radius 1 is 1.00 bits per heavy atom. The number of carbonyl (C=O) groups excluding carboxylic acids is 1. The number of aromatic nitrogens is 3. The largest absolute Gasteiger partial charge is 0.328 e. The van der Waals surface area contributed by atoms with Gasteiger partial charge in [-0.05, 0) is 42.9 Å². The summed E-state index contributed by atoms with van der Waals surface area (Å²) in [5.74, 6) is 1.55. The lowest BCUT2D eigenvalue weighted by atomic mass is 9.96. The van der Waals surface area contributed by atoms with E-state index in [1.54, 1.807) is 0 Å². The number of hydrogen-bond donors (Lipinski definition) is 1. The number of piperidine rings is 1. The quantitative estimate of drug-likeness (QED) is 0.479. The summed E-state index contributed by atoms with van der Waals surface area (Å²) in [6.07, 6.45) is 5.61. The van der Waals surface area contributed by atoms with Gasteiger partial charge < -0.3 is 14.8 Å². The standard InChI is InChI=1S/C27H29N5O/c1-20-29-24-18-28-15-12-25(24)32(20)19-21-13-16-31(17-14-21)27(33)30-26(22-8-4-2-5-9-22)23-10-6-3-7-11-23/h2-12,15,18,21,26H,13-14,16-17,19H2,1H3,(H,30,33). The number of hydrogen-bond acceptors (Lipinski definition) is 3. The molecular weight excluding hydrogens is 410 g/mol. The Morgan fingerprint density at radius 3 is 2.27 bits per heavy atom. The number of aryl methyl sites for hydroxylation is 1. The van der Waals surface area contributed by atoms with Crippen LogP contribution < -0.4 is 5.32 Å². The molecule has 0 saturated carbocycles. The highest BCUT2D eigenvalue weighted by Gasteiger charge is 2.26. The fourth-order valence-electron chi connectivity index (χ4n) is 4.77. The SMILES string of the molecule is Cc1nc2cnccc2n1CC1CCN(C(=O)NC(c2ccccc2)c2ccccc2)CC1. The molecule has 1 N–H and O–H groups in total. The van der Waals surface area contributed by atoms with Gasteiger partial charge in [0.2, 0.25) is 0 Å². The van der Waals surface area contributed by atoms with E-state index >= 15 is 0 Å². The third-order valence-electron chi connectivity index (χ3n) is 6.62. The number of nitrogens with zero attached hydrogens (tertiary/aromatic N) is 4. The minimum Gasteiger partial charge on any atom is -0.328 e. The molecule has 1 aliphatic rings. The van der Waals surface area contributed by atoms with Gasteiger partial charge in [-0.25, -0.2) is 9.78 Å². The van der Waals surface area contributed by atoms with Crippen molar-refractivity contribution in [2.75, 3.05) is 13.1 Å². The highest BCUT2D eigenvalue weighted by atomic mass is 16.2. The second-order valence-corrected chi connectivity index (χ2v) is 8.77. The molecule has 2 aromatic carbocycles. The Morgan fingerprint density at radius 2 is 1.64 bits per heavy atom. The maximum absolute atomic E-state index is 13.2. The number of rotatable bonds is 5. The lowest BCUT2D eigenvalue weighted by Crippen LogP contribution is -2.46. The van der Waals surface area contributed by atoms with E-state index in [2.05, 4.69) is 51.0 Å². The number of urea groups is 1. The Hall–Kier alpha value is -3.67. The minimum atomic E-state index is -0.161. The zero-order valence-electron chi connectivity index (χ0n) is 18.9. The molecule has 3 heterocycles. The lowest BCUT2D eigenvalue weighted by Gasteiger charge is -2.34. The summed E-state index contributed by atoms with van der Waals surface area (Å²) in [5.41, 5.74) is 4.25. The Balaban J connectivity index is 1.24. The van der Waals surface area contributed by atoms with Crippen LogP contribution in [-0.4, -0.2) is 38.6 Å². The fraction of sp³-hybridized carbons (Fsp3) is 0.296. The molecule has 0 atom stereocenters. The molecule has 0 bridgehead atoms. The van der Waals surface area contributed by atoms with Gasteiger partial charge >= 0.3 is 6.03 Å². The van der Waals surface area contributed by atoms with E-state index in [9.17, 15) is 4.79 Å². The minimum absolute atomic E-state index is 0.00138. The predicted octanol–water partition coefficient (Wildman–Crippen LogP) is 4.95. The van der Waals surface area contributed by atoms with E-state index in [-0.39, 0.29) is 12.1 Å². The van der Waals surface area contributed by atoms with Gasteiger partial charge in [-0.2, -0.15) is 0 Å². The second-order valence-electron chi connectivity index (χ2n) is 8.77. The summed E-state index contributed by atoms with van der Waals surface area (Å²) in [5, 5.41) is 3.28. The second kappa shape index (κ2) is 9.45. The molecule has 0 radical (unpaired) electrons. The molecule has 6 nitrogen and oxygen atoms in total. The number of amides is 2. The van der Waals surface area contributed by atoms with Crippen molar-refractivity contribution in [2.45, 2.75) is 32.4 Å². The van der Waals surface area contributed by atoms with E-state index < -0.39 is 0 Å². The van der Waals surface area contributed by atoms with Crippen molar-refractivity contribution in [1.29, 1.82) is 0 Å². The van der Waals surface area contributed by atoms with Gasteiger partial charge in [-0.1, -0.05) is 60.7 Å². The summed E-state index contributed by atoms with van der Waals surface area (Å²) < 4.78 is 2.29. The molecule has 1 saturated heterocycles. The average molecular weight is 440 g/mol. The fourth-order valence-corrected chi connectivity index (χ4v) is 4.77. The van der Waals surface area contributed by atoms with Gasteiger partial charge in [0, 0.05) is 25.8 Å². The Labute approximate surface area is 194 Å². The molecule has 1 fully saturated rings. The first-order valence-electron chi connectivity index (χ1n) is 11.6. The maximum Gasteiger partial charge on any atom is 0.318 e. The number of fused-ring (bicyclic) bond motifs is 1. The Kier molecular flexibility index (Phi) is 6.07. The van der Waals surface area contributed by atoms with E-state index in [1.807, 2.05) is 59.8 Å². The summed E-state index contributed by atoms with van der Waals surface area (Å²) in [7, 11) is 0. The van der Waals surface area contributed by atoms with E-state index in [0.717, 1.165) is 60.5 Å². The first kappa shape index (κ1) is 21.2. The molecule has 0 unspecified atom stereocenters. The predicted molar refractivity (Wildman–Crippen MR) is 130 cm³/mol. The molecule has 2 aromatic heterocycles. The number of carbonyl (C=O) groups is 1.